The second-order valence-electron chi connectivity index (χ2n) is 5.62. The molecular weight excluding hydrogens is 406 g/mol. The lowest BCUT2D eigenvalue weighted by molar-refractivity contribution is 0.0767. The molecule has 1 fully saturated rings. The zero-order valence-corrected chi connectivity index (χ0v) is 14.9. The monoisotopic (exact) mass is 424 g/mol. The van der Waals surface area contributed by atoms with E-state index in [4.69, 9.17) is 0 Å². The van der Waals surface area contributed by atoms with Crippen LogP contribution in [0.25, 0.3) is 0 Å². The maximum Gasteiger partial charge on any atom is 0.253 e. The van der Waals surface area contributed by atoms with Gasteiger partial charge in [-0.2, -0.15) is 0 Å². The molecule has 0 bridgehead atoms. The van der Waals surface area contributed by atoms with Gasteiger partial charge in [-0.25, -0.2) is 4.39 Å². The van der Waals surface area contributed by atoms with Crippen molar-refractivity contribution in [2.45, 2.75) is 6.42 Å². The quantitative estimate of drug-likeness (QED) is 0.686. The molecule has 0 aromatic heterocycles. The molecule has 0 saturated carbocycles. The molecule has 0 unspecified atom stereocenters. The SMILES string of the molecule is O=C(c1cccc(I)c1)N1CCCN(c2ccc(F)cc2)CC1. The topological polar surface area (TPSA) is 23.6 Å². The molecule has 3 rings (SSSR count). The summed E-state index contributed by atoms with van der Waals surface area (Å²) in [5.74, 6) is -0.136. The summed E-state index contributed by atoms with van der Waals surface area (Å²) in [5.41, 5.74) is 1.75. The Hall–Kier alpha value is -1.63. The molecule has 1 saturated heterocycles. The fourth-order valence-electron chi connectivity index (χ4n) is 2.83. The van der Waals surface area contributed by atoms with E-state index in [0.29, 0.717) is 6.54 Å². The zero-order chi connectivity index (χ0) is 16.2. The standard InChI is InChI=1S/C18H18FIN2O/c19-15-5-7-17(8-6-15)21-9-2-10-22(12-11-21)18(23)14-3-1-4-16(20)13-14/h1,3-8,13H,2,9-12H2. The molecule has 120 valence electrons. The molecule has 3 nitrogen and oxygen atoms in total. The molecule has 0 N–H and O–H groups in total. The van der Waals surface area contributed by atoms with Crippen molar-refractivity contribution in [1.29, 1.82) is 0 Å². The van der Waals surface area contributed by atoms with Crippen LogP contribution in [0, 0.1) is 9.39 Å². The van der Waals surface area contributed by atoms with E-state index in [1.165, 1.54) is 12.1 Å². The first-order valence-corrected chi connectivity index (χ1v) is 8.77. The van der Waals surface area contributed by atoms with Gasteiger partial charge in [-0.1, -0.05) is 6.07 Å². The highest BCUT2D eigenvalue weighted by Crippen LogP contribution is 2.18. The minimum Gasteiger partial charge on any atom is -0.370 e. The summed E-state index contributed by atoms with van der Waals surface area (Å²) in [6.45, 7) is 3.08. The summed E-state index contributed by atoms with van der Waals surface area (Å²) < 4.78 is 14.1. The van der Waals surface area contributed by atoms with Crippen molar-refractivity contribution < 1.29 is 9.18 Å². The lowest BCUT2D eigenvalue weighted by Crippen LogP contribution is -2.35. The molecule has 1 amide bonds. The third-order valence-electron chi connectivity index (χ3n) is 4.05. The maximum absolute atomic E-state index is 13.1. The first-order valence-electron chi connectivity index (χ1n) is 7.69. The van der Waals surface area contributed by atoms with Crippen LogP contribution in [0.1, 0.15) is 16.8 Å². The fourth-order valence-corrected chi connectivity index (χ4v) is 3.38. The van der Waals surface area contributed by atoms with Gasteiger partial charge in [0, 0.05) is 41.0 Å². The lowest BCUT2D eigenvalue weighted by Gasteiger charge is -2.23. The van der Waals surface area contributed by atoms with Crippen LogP contribution >= 0.6 is 22.6 Å². The van der Waals surface area contributed by atoms with Crippen molar-refractivity contribution in [2.24, 2.45) is 0 Å². The summed E-state index contributed by atoms with van der Waals surface area (Å²) in [7, 11) is 0. The average Bonchev–Trinajstić information content (AvgIpc) is 2.81. The first kappa shape index (κ1) is 16.2. The van der Waals surface area contributed by atoms with Crippen LogP contribution in [0.3, 0.4) is 0 Å². The molecule has 1 heterocycles. The molecule has 1 aliphatic rings. The first-order chi connectivity index (χ1) is 11.1. The summed E-state index contributed by atoms with van der Waals surface area (Å²) in [6, 6.07) is 14.2. The van der Waals surface area contributed by atoms with Crippen LogP contribution in [0.15, 0.2) is 48.5 Å². The Kier molecular flexibility index (Phi) is 5.15. The number of anilines is 1. The van der Waals surface area contributed by atoms with Gasteiger partial charge in [0.05, 0.1) is 0 Å². The molecule has 0 spiro atoms. The van der Waals surface area contributed by atoms with E-state index in [0.717, 1.165) is 40.9 Å². The minimum absolute atomic E-state index is 0.0875. The molecular formula is C18H18FIN2O. The maximum atomic E-state index is 13.1. The molecule has 0 atom stereocenters. The zero-order valence-electron chi connectivity index (χ0n) is 12.7. The summed E-state index contributed by atoms with van der Waals surface area (Å²) in [4.78, 5) is 16.8. The van der Waals surface area contributed by atoms with Crippen LogP contribution in [-0.2, 0) is 0 Å². The van der Waals surface area contributed by atoms with Gasteiger partial charge >= 0.3 is 0 Å². The number of amides is 1. The number of carbonyl (C=O) groups excluding carboxylic acids is 1. The van der Waals surface area contributed by atoms with E-state index in [1.807, 2.05) is 29.2 Å². The van der Waals surface area contributed by atoms with E-state index < -0.39 is 0 Å². The highest BCUT2D eigenvalue weighted by molar-refractivity contribution is 14.1. The molecule has 2 aromatic rings. The molecule has 23 heavy (non-hydrogen) atoms. The Labute approximate surface area is 149 Å². The van der Waals surface area contributed by atoms with Gasteiger partial charge < -0.3 is 9.80 Å². The highest BCUT2D eigenvalue weighted by Gasteiger charge is 2.20. The van der Waals surface area contributed by atoms with Crippen molar-refractivity contribution >= 4 is 34.2 Å². The Bertz CT molecular complexity index is 690. The number of carbonyl (C=O) groups is 1. The Morgan fingerprint density at radius 2 is 1.78 bits per heavy atom. The molecule has 1 aliphatic heterocycles. The number of nitrogens with zero attached hydrogens (tertiary/aromatic N) is 2. The van der Waals surface area contributed by atoms with Gasteiger partial charge in [-0.15, -0.1) is 0 Å². The highest BCUT2D eigenvalue weighted by atomic mass is 127. The van der Waals surface area contributed by atoms with Crippen LogP contribution < -0.4 is 4.90 Å². The van der Waals surface area contributed by atoms with Gasteiger partial charge in [0.15, 0.2) is 0 Å². The van der Waals surface area contributed by atoms with Crippen molar-refractivity contribution in [2.75, 3.05) is 31.1 Å². The Morgan fingerprint density at radius 1 is 1.00 bits per heavy atom. The lowest BCUT2D eigenvalue weighted by atomic mass is 10.2. The van der Waals surface area contributed by atoms with E-state index in [2.05, 4.69) is 27.5 Å². The molecule has 2 aromatic carbocycles. The average molecular weight is 424 g/mol. The molecule has 0 aliphatic carbocycles. The van der Waals surface area contributed by atoms with Crippen LogP contribution in [0.5, 0.6) is 0 Å². The predicted octanol–water partition coefficient (Wildman–Crippen LogP) is 3.78. The second kappa shape index (κ2) is 7.29. The van der Waals surface area contributed by atoms with Gasteiger partial charge in [-0.3, -0.25) is 4.79 Å². The molecule has 0 radical (unpaired) electrons. The number of rotatable bonds is 2. The van der Waals surface area contributed by atoms with Gasteiger partial charge in [0.1, 0.15) is 5.82 Å². The summed E-state index contributed by atoms with van der Waals surface area (Å²) in [6.07, 6.45) is 0.910. The Morgan fingerprint density at radius 3 is 2.52 bits per heavy atom. The number of hydrogen-bond acceptors (Lipinski definition) is 2. The minimum atomic E-state index is -0.223. The fraction of sp³-hybridized carbons (Fsp3) is 0.278. The Balaban J connectivity index is 1.68. The van der Waals surface area contributed by atoms with Crippen molar-refractivity contribution in [3.8, 4) is 0 Å². The third-order valence-corrected chi connectivity index (χ3v) is 4.72. The largest absolute Gasteiger partial charge is 0.370 e. The number of benzene rings is 2. The van der Waals surface area contributed by atoms with Crippen LogP contribution in [0.2, 0.25) is 0 Å². The number of halogens is 2. The number of hydrogen-bond donors (Lipinski definition) is 0. The van der Waals surface area contributed by atoms with E-state index in [-0.39, 0.29) is 11.7 Å². The van der Waals surface area contributed by atoms with Crippen molar-refractivity contribution in [3.63, 3.8) is 0 Å². The summed E-state index contributed by atoms with van der Waals surface area (Å²) in [5, 5.41) is 0. The van der Waals surface area contributed by atoms with E-state index in [9.17, 15) is 9.18 Å². The van der Waals surface area contributed by atoms with Gasteiger partial charge in [0.2, 0.25) is 0 Å². The molecule has 5 heteroatoms. The van der Waals surface area contributed by atoms with E-state index >= 15 is 0 Å². The third kappa shape index (κ3) is 4.02. The summed E-state index contributed by atoms with van der Waals surface area (Å²) >= 11 is 2.22. The van der Waals surface area contributed by atoms with Crippen LogP contribution in [-0.4, -0.2) is 37.0 Å². The van der Waals surface area contributed by atoms with Gasteiger partial charge in [0.25, 0.3) is 5.91 Å². The van der Waals surface area contributed by atoms with E-state index in [1.54, 1.807) is 12.1 Å². The smallest absolute Gasteiger partial charge is 0.253 e. The predicted molar refractivity (Wildman–Crippen MR) is 98.3 cm³/mol. The van der Waals surface area contributed by atoms with Crippen molar-refractivity contribution in [3.05, 3.63) is 63.5 Å². The van der Waals surface area contributed by atoms with Gasteiger partial charge in [-0.05, 0) is 71.5 Å². The normalized spacial score (nSPS) is 15.4. The van der Waals surface area contributed by atoms with Crippen LogP contribution in [0.4, 0.5) is 10.1 Å². The van der Waals surface area contributed by atoms with Crippen molar-refractivity contribution in [1.82, 2.24) is 4.90 Å². The second-order valence-corrected chi connectivity index (χ2v) is 6.87.